The number of rotatable bonds is 9. The number of benzene rings is 18. The van der Waals surface area contributed by atoms with Crippen molar-refractivity contribution in [3.8, 4) is 84.3 Å². The van der Waals surface area contributed by atoms with Gasteiger partial charge in [0.1, 0.15) is 0 Å². The summed E-state index contributed by atoms with van der Waals surface area (Å²) in [6.07, 6.45) is 0. The molecule has 24 aromatic rings. The van der Waals surface area contributed by atoms with Gasteiger partial charge in [-0.25, -0.2) is 19.9 Å². The zero-order valence-corrected chi connectivity index (χ0v) is 64.0. The van der Waals surface area contributed by atoms with E-state index in [1.165, 1.54) is 120 Å². The molecule has 0 unspecified atom stereocenters. The monoisotopic (exact) mass is 1510 g/mol. The van der Waals surface area contributed by atoms with Crippen LogP contribution in [0.3, 0.4) is 0 Å². The summed E-state index contributed by atoms with van der Waals surface area (Å²) < 4.78 is 7.09. The van der Waals surface area contributed by atoms with E-state index in [0.717, 1.165) is 88.6 Å². The lowest BCUT2D eigenvalue weighted by atomic mass is 9.94. The molecule has 0 amide bonds. The Hall–Kier alpha value is -15.4. The van der Waals surface area contributed by atoms with Crippen LogP contribution in [0.25, 0.3) is 215 Å². The molecule has 0 fully saturated rings. The molecule has 0 aliphatic rings. The highest BCUT2D eigenvalue weighted by Gasteiger charge is 2.24. The van der Waals surface area contributed by atoms with Crippen LogP contribution in [-0.2, 0) is 0 Å². The maximum Gasteiger partial charge on any atom is 0.235 e. The molecule has 0 bridgehead atoms. The summed E-state index contributed by atoms with van der Waals surface area (Å²) in [5.74, 6) is 0.658. The lowest BCUT2D eigenvalue weighted by Gasteiger charge is -2.13. The number of aromatic amines is 1. The number of hydrogen-bond donors (Lipinski definition) is 1. The van der Waals surface area contributed by atoms with Gasteiger partial charge in [0, 0.05) is 87.4 Å². The van der Waals surface area contributed by atoms with Crippen LogP contribution in [0.5, 0.6) is 0 Å². The molecule has 0 saturated carbocycles. The highest BCUT2D eigenvalue weighted by Crippen LogP contribution is 2.46. The number of para-hydroxylation sites is 6. The smallest absolute Gasteiger partial charge is 0.235 e. The Labute approximate surface area is 678 Å². The molecule has 0 radical (unpaired) electrons. The average molecular weight is 1510 g/mol. The fourth-order valence-electron chi connectivity index (χ4n) is 17.8. The highest BCUT2D eigenvalue weighted by atomic mass is 35.5. The molecule has 18 aromatic carbocycles. The first-order chi connectivity index (χ1) is 58.0. The first kappa shape index (κ1) is 68.5. The van der Waals surface area contributed by atoms with Crippen molar-refractivity contribution in [2.45, 2.75) is 0 Å². The number of nitrogens with one attached hydrogen (secondary N) is 1. The van der Waals surface area contributed by atoms with Gasteiger partial charge >= 0.3 is 0 Å². The summed E-state index contributed by atoms with van der Waals surface area (Å²) in [6.45, 7) is 0. The van der Waals surface area contributed by atoms with Gasteiger partial charge in [0.15, 0.2) is 0 Å². The first-order valence-electron chi connectivity index (χ1n) is 39.5. The largest absolute Gasteiger partial charge is 0.355 e. The van der Waals surface area contributed by atoms with Gasteiger partial charge in [-0.2, -0.15) is 0 Å². The molecule has 0 aliphatic carbocycles. The molecule has 6 heterocycles. The molecule has 6 aromatic heterocycles. The minimum absolute atomic E-state index is 0.280. The Morgan fingerprint density at radius 3 is 1.07 bits per heavy atom. The van der Waals surface area contributed by atoms with Crippen molar-refractivity contribution < 1.29 is 0 Å². The van der Waals surface area contributed by atoms with E-state index in [1.807, 2.05) is 66.7 Å². The van der Waals surface area contributed by atoms with Gasteiger partial charge in [0.25, 0.3) is 0 Å². The third-order valence-corrected chi connectivity index (χ3v) is 23.3. The summed E-state index contributed by atoms with van der Waals surface area (Å²) in [5, 5.41) is 17.3. The third-order valence-electron chi connectivity index (χ3n) is 23.1. The van der Waals surface area contributed by atoms with E-state index in [2.05, 4.69) is 374 Å². The van der Waals surface area contributed by atoms with E-state index in [9.17, 15) is 0 Å². The van der Waals surface area contributed by atoms with Crippen LogP contribution < -0.4 is 0 Å². The van der Waals surface area contributed by atoms with Crippen LogP contribution in [0.1, 0.15) is 0 Å². The average Bonchev–Trinajstić information content (AvgIpc) is 1.58. The number of halogens is 1. The van der Waals surface area contributed by atoms with E-state index in [-0.39, 0.29) is 5.28 Å². The van der Waals surface area contributed by atoms with Gasteiger partial charge in [-0.05, 0) is 175 Å². The van der Waals surface area contributed by atoms with Crippen molar-refractivity contribution in [1.29, 1.82) is 0 Å². The highest BCUT2D eigenvalue weighted by molar-refractivity contribution is 6.29. The molecule has 9 heteroatoms. The van der Waals surface area contributed by atoms with Crippen LogP contribution >= 0.6 is 11.6 Å². The Bertz CT molecular complexity index is 7990. The number of nitrogens with zero attached hydrogens (tertiary/aromatic N) is 7. The lowest BCUT2D eigenvalue weighted by Crippen LogP contribution is -2.03. The topological polar surface area (TPSA) is 82.1 Å². The Morgan fingerprint density at radius 1 is 0.205 bits per heavy atom. The van der Waals surface area contributed by atoms with Gasteiger partial charge in [-0.3, -0.25) is 4.57 Å². The second-order valence-electron chi connectivity index (χ2n) is 29.8. The molecule has 24 rings (SSSR count). The molecule has 0 spiro atoms. The first-order valence-corrected chi connectivity index (χ1v) is 39.9. The van der Waals surface area contributed by atoms with Gasteiger partial charge in [-0.1, -0.05) is 315 Å². The summed E-state index contributed by atoms with van der Waals surface area (Å²) in [7, 11) is 0. The van der Waals surface area contributed by atoms with E-state index in [0.29, 0.717) is 5.95 Å². The van der Waals surface area contributed by atoms with Gasteiger partial charge in [-0.15, -0.1) is 0 Å². The van der Waals surface area contributed by atoms with Crippen LogP contribution in [0.15, 0.2) is 413 Å². The Balaban J connectivity index is 0.000000122. The fourth-order valence-corrected chi connectivity index (χ4v) is 18.0. The molecule has 0 atom stereocenters. The Kier molecular flexibility index (Phi) is 16.8. The zero-order chi connectivity index (χ0) is 77.4. The standard InChI is InChI=1S/C54H34N4.C40H26N2.C14H9ClN2/c1-3-15-35(16-4-1)36-27-30-39(31-28-36)57-49-26-14-11-23-44(49)52-42-21-8-7-19-40(42)45(34-51(52)57)38-29-32-50-46(33-38)41-20-10-13-25-48(41)58(50)54-55-47-24-12-9-22-43(47)53(56-54)37-17-5-2-6-18-37;1-2-10-26(11-3-1)27-18-21-29(22-19-27)42-38-17-9-7-15-33(38)40-32-14-5-4-12-30(32)34(25-39(40)42)28-20-23-37-35(24-28)31-13-6-8-16-36(31)41-37;15-14-16-12-9-5-4-8-11(12)13(17-14)10-6-2-1-3-7-10/h1-34H;1-25,41H;1-9H. The Morgan fingerprint density at radius 2 is 0.556 bits per heavy atom. The van der Waals surface area contributed by atoms with Crippen molar-refractivity contribution in [1.82, 2.24) is 38.6 Å². The van der Waals surface area contributed by atoms with E-state index in [1.54, 1.807) is 0 Å². The predicted molar refractivity (Wildman–Crippen MR) is 491 cm³/mol. The minimum Gasteiger partial charge on any atom is -0.355 e. The molecule has 8 nitrogen and oxygen atoms in total. The molecule has 117 heavy (non-hydrogen) atoms. The molecule has 1 N–H and O–H groups in total. The van der Waals surface area contributed by atoms with Gasteiger partial charge in [0.05, 0.1) is 55.5 Å². The van der Waals surface area contributed by atoms with E-state index < -0.39 is 0 Å². The molecule has 548 valence electrons. The maximum atomic E-state index is 5.95. The minimum atomic E-state index is 0.280. The predicted octanol–water partition coefficient (Wildman–Crippen LogP) is 28.8. The van der Waals surface area contributed by atoms with Crippen LogP contribution in [0.2, 0.25) is 5.28 Å². The zero-order valence-electron chi connectivity index (χ0n) is 63.3. The summed E-state index contributed by atoms with van der Waals surface area (Å²) in [4.78, 5) is 22.6. The van der Waals surface area contributed by atoms with Gasteiger partial charge < -0.3 is 14.1 Å². The molecule has 0 aliphatic heterocycles. The van der Waals surface area contributed by atoms with Crippen LogP contribution in [0.4, 0.5) is 0 Å². The van der Waals surface area contributed by atoms with Crippen molar-refractivity contribution >= 4 is 142 Å². The van der Waals surface area contributed by atoms with Crippen molar-refractivity contribution in [2.75, 3.05) is 0 Å². The SMILES string of the molecule is Clc1nc(-c2ccccc2)c2ccccc2n1.c1ccc(-c2ccc(-n3c4ccccc4c4c5ccccc5c(-c5ccc6[nH]c7ccccc7c6c5)cc43)cc2)cc1.c1ccc(-c2ccc(-n3c4ccccc4c4c5ccccc5c(-c5ccc6c(c5)c5ccccc5n6-c5nc(-c6ccccc6)c6ccccc6n5)cc43)cc2)cc1. The van der Waals surface area contributed by atoms with E-state index in [4.69, 9.17) is 21.6 Å². The molecular formula is C108H69ClN8. The second kappa shape index (κ2) is 28.7. The number of hydrogen-bond acceptors (Lipinski definition) is 4. The summed E-state index contributed by atoms with van der Waals surface area (Å²) >= 11 is 5.95. The third kappa shape index (κ3) is 11.9. The van der Waals surface area contributed by atoms with Crippen LogP contribution in [0, 0.1) is 0 Å². The maximum absolute atomic E-state index is 5.95. The van der Waals surface area contributed by atoms with Crippen molar-refractivity contribution in [3.63, 3.8) is 0 Å². The van der Waals surface area contributed by atoms with Crippen molar-refractivity contribution in [3.05, 3.63) is 418 Å². The summed E-state index contributed by atoms with van der Waals surface area (Å²) in [6, 6.07) is 147. The fraction of sp³-hybridized carbons (Fsp3) is 0. The van der Waals surface area contributed by atoms with Gasteiger partial charge in [0.2, 0.25) is 11.2 Å². The van der Waals surface area contributed by atoms with E-state index >= 15 is 0 Å². The number of fused-ring (bicyclic) bond motifs is 18. The number of H-pyrrole nitrogens is 1. The normalized spacial score (nSPS) is 11.6. The van der Waals surface area contributed by atoms with Crippen LogP contribution in [-0.4, -0.2) is 38.6 Å². The lowest BCUT2D eigenvalue weighted by molar-refractivity contribution is 1.01. The second-order valence-corrected chi connectivity index (χ2v) is 30.1. The summed E-state index contributed by atoms with van der Waals surface area (Å²) in [5.41, 5.74) is 27.0. The number of aromatic nitrogens is 8. The quantitative estimate of drug-likeness (QED) is 0.146. The van der Waals surface area contributed by atoms with Crippen molar-refractivity contribution in [2.24, 2.45) is 0 Å². The molecule has 0 saturated heterocycles. The molecular weight excluding hydrogens is 1440 g/mol.